The largest absolute Gasteiger partial charge is 0.324 e. The summed E-state index contributed by atoms with van der Waals surface area (Å²) in [7, 11) is 2.34. The van der Waals surface area contributed by atoms with Crippen molar-refractivity contribution < 1.29 is 4.21 Å². The first-order valence-electron chi connectivity index (χ1n) is 9.90. The van der Waals surface area contributed by atoms with Crippen molar-refractivity contribution in [2.24, 2.45) is 0 Å². The number of hydrogen-bond acceptors (Lipinski definition) is 5. The zero-order valence-electron chi connectivity index (χ0n) is 17.2. The maximum atomic E-state index is 12.8. The van der Waals surface area contributed by atoms with Crippen LogP contribution >= 0.6 is 11.6 Å². The van der Waals surface area contributed by atoms with Crippen molar-refractivity contribution in [2.45, 2.75) is 43.5 Å². The summed E-state index contributed by atoms with van der Waals surface area (Å²) >= 11 is 6.19. The second-order valence-electron chi connectivity index (χ2n) is 7.74. The van der Waals surface area contributed by atoms with E-state index in [1.165, 1.54) is 0 Å². The maximum Gasteiger partial charge on any atom is 0.271 e. The third-order valence-corrected chi connectivity index (χ3v) is 6.99. The van der Waals surface area contributed by atoms with E-state index in [0.29, 0.717) is 11.6 Å². The predicted octanol–water partition coefficient (Wildman–Crippen LogP) is 4.20. The number of nitrogens with one attached hydrogen (secondary N) is 1. The van der Waals surface area contributed by atoms with Gasteiger partial charge in [-0.2, -0.15) is 4.98 Å². The molecule has 1 fully saturated rings. The third-order valence-electron chi connectivity index (χ3n) is 5.40. The SMILES string of the molecule is Cc1cc(S(=O)N(C)C)ccc1Nc1ncc2cc(Cl)c(=O)n(C3CCCC3)c2n1. The normalized spacial score (nSPS) is 15.8. The summed E-state index contributed by atoms with van der Waals surface area (Å²) in [5.41, 5.74) is 2.14. The van der Waals surface area contributed by atoms with Crippen molar-refractivity contribution >= 4 is 45.3 Å². The average molecular weight is 446 g/mol. The molecule has 0 saturated heterocycles. The highest BCUT2D eigenvalue weighted by Gasteiger charge is 2.22. The first-order chi connectivity index (χ1) is 14.3. The van der Waals surface area contributed by atoms with Gasteiger partial charge in [0.15, 0.2) is 0 Å². The van der Waals surface area contributed by atoms with Crippen LogP contribution in [0, 0.1) is 6.92 Å². The van der Waals surface area contributed by atoms with Crippen LogP contribution in [-0.2, 0) is 11.0 Å². The minimum atomic E-state index is -1.20. The van der Waals surface area contributed by atoms with Crippen molar-refractivity contribution in [3.05, 3.63) is 51.4 Å². The van der Waals surface area contributed by atoms with E-state index in [1.807, 2.05) is 25.1 Å². The summed E-state index contributed by atoms with van der Waals surface area (Å²) in [4.78, 5) is 22.6. The van der Waals surface area contributed by atoms with Crippen LogP contribution in [0.5, 0.6) is 0 Å². The van der Waals surface area contributed by atoms with E-state index in [1.54, 1.807) is 35.2 Å². The molecule has 1 atom stereocenters. The number of aromatic nitrogens is 3. The van der Waals surface area contributed by atoms with Crippen LogP contribution in [0.3, 0.4) is 0 Å². The molecule has 2 heterocycles. The number of nitrogens with zero attached hydrogens (tertiary/aromatic N) is 4. The molecule has 1 aliphatic rings. The van der Waals surface area contributed by atoms with Crippen LogP contribution in [0.15, 0.2) is 40.2 Å². The molecule has 1 aromatic carbocycles. The lowest BCUT2D eigenvalue weighted by Crippen LogP contribution is -2.25. The van der Waals surface area contributed by atoms with E-state index >= 15 is 0 Å². The molecule has 4 rings (SSSR count). The van der Waals surface area contributed by atoms with Crippen molar-refractivity contribution in [1.82, 2.24) is 18.8 Å². The topological polar surface area (TPSA) is 80.1 Å². The fraction of sp³-hybridized carbons (Fsp3) is 0.381. The third kappa shape index (κ3) is 3.99. The van der Waals surface area contributed by atoms with Gasteiger partial charge in [-0.15, -0.1) is 0 Å². The van der Waals surface area contributed by atoms with E-state index < -0.39 is 11.0 Å². The van der Waals surface area contributed by atoms with Crippen LogP contribution in [0.2, 0.25) is 5.02 Å². The van der Waals surface area contributed by atoms with E-state index in [2.05, 4.69) is 15.3 Å². The summed E-state index contributed by atoms with van der Waals surface area (Å²) in [6.45, 7) is 1.94. The molecule has 3 aromatic rings. The Balaban J connectivity index is 1.72. The van der Waals surface area contributed by atoms with E-state index in [9.17, 15) is 9.00 Å². The van der Waals surface area contributed by atoms with E-state index in [4.69, 9.17) is 11.6 Å². The van der Waals surface area contributed by atoms with Gasteiger partial charge in [0.25, 0.3) is 5.56 Å². The predicted molar refractivity (Wildman–Crippen MR) is 121 cm³/mol. The molecule has 9 heteroatoms. The molecular formula is C21H24ClN5O2S. The van der Waals surface area contributed by atoms with Gasteiger partial charge in [0.05, 0.1) is 4.90 Å². The van der Waals surface area contributed by atoms with Gasteiger partial charge >= 0.3 is 0 Å². The second-order valence-corrected chi connectivity index (χ2v) is 9.85. The Morgan fingerprint density at radius 3 is 2.63 bits per heavy atom. The minimum absolute atomic E-state index is 0.114. The van der Waals surface area contributed by atoms with Gasteiger partial charge in [-0.05, 0) is 63.7 Å². The van der Waals surface area contributed by atoms with Gasteiger partial charge in [0.1, 0.15) is 21.7 Å². The van der Waals surface area contributed by atoms with Crippen LogP contribution in [0.1, 0.15) is 37.3 Å². The summed E-state index contributed by atoms with van der Waals surface area (Å²) in [5.74, 6) is 0.403. The Morgan fingerprint density at radius 2 is 1.97 bits per heavy atom. The number of fused-ring (bicyclic) bond motifs is 1. The average Bonchev–Trinajstić information content (AvgIpc) is 3.24. The van der Waals surface area contributed by atoms with Crippen molar-refractivity contribution in [2.75, 3.05) is 19.4 Å². The summed E-state index contributed by atoms with van der Waals surface area (Å²) < 4.78 is 15.7. The van der Waals surface area contributed by atoms with Crippen LogP contribution in [-0.4, -0.2) is 37.1 Å². The quantitative estimate of drug-likeness (QED) is 0.636. The Labute approximate surface area is 182 Å². The summed E-state index contributed by atoms with van der Waals surface area (Å²) in [6, 6.07) is 7.31. The van der Waals surface area contributed by atoms with Crippen LogP contribution in [0.25, 0.3) is 11.0 Å². The Hall–Kier alpha value is -2.29. The van der Waals surface area contributed by atoms with E-state index in [0.717, 1.165) is 47.2 Å². The number of benzene rings is 1. The Bertz CT molecular complexity index is 1190. The monoisotopic (exact) mass is 445 g/mol. The standard InChI is InChI=1S/C21H24ClN5O2S/c1-13-10-16(30(29)26(2)3)8-9-18(13)24-21-23-12-14-11-17(22)20(28)27(19(14)25-21)15-6-4-5-7-15/h8-12,15H,4-7H2,1-3H3,(H,23,24,25). The number of pyridine rings is 1. The van der Waals surface area contributed by atoms with Crippen LogP contribution in [0.4, 0.5) is 11.6 Å². The zero-order valence-corrected chi connectivity index (χ0v) is 18.8. The van der Waals surface area contributed by atoms with Crippen molar-refractivity contribution in [3.63, 3.8) is 0 Å². The molecule has 0 amide bonds. The molecule has 158 valence electrons. The van der Waals surface area contributed by atoms with E-state index in [-0.39, 0.29) is 16.6 Å². The molecule has 7 nitrogen and oxygen atoms in total. The molecule has 0 aliphatic heterocycles. The number of hydrogen-bond donors (Lipinski definition) is 1. The highest BCUT2D eigenvalue weighted by Crippen LogP contribution is 2.31. The van der Waals surface area contributed by atoms with Gasteiger partial charge in [-0.25, -0.2) is 13.5 Å². The lowest BCUT2D eigenvalue weighted by molar-refractivity contribution is 0.516. The van der Waals surface area contributed by atoms with Gasteiger partial charge in [0, 0.05) is 23.3 Å². The molecule has 1 unspecified atom stereocenters. The Morgan fingerprint density at radius 1 is 1.23 bits per heavy atom. The highest BCUT2D eigenvalue weighted by molar-refractivity contribution is 7.82. The summed E-state index contributed by atoms with van der Waals surface area (Å²) in [6.07, 6.45) is 5.78. The van der Waals surface area contributed by atoms with Crippen LogP contribution < -0.4 is 10.9 Å². The summed E-state index contributed by atoms with van der Waals surface area (Å²) in [5, 5.41) is 4.16. The highest BCUT2D eigenvalue weighted by atomic mass is 35.5. The van der Waals surface area contributed by atoms with Gasteiger partial charge in [-0.1, -0.05) is 24.4 Å². The Kier molecular flexibility index (Phi) is 5.90. The molecule has 0 bridgehead atoms. The smallest absolute Gasteiger partial charge is 0.271 e. The van der Waals surface area contributed by atoms with Gasteiger partial charge in [-0.3, -0.25) is 9.36 Å². The molecule has 2 aromatic heterocycles. The fourth-order valence-electron chi connectivity index (χ4n) is 3.86. The first kappa shape index (κ1) is 21.0. The zero-order chi connectivity index (χ0) is 21.4. The van der Waals surface area contributed by atoms with Gasteiger partial charge in [0.2, 0.25) is 5.95 Å². The maximum absolute atomic E-state index is 12.8. The second kappa shape index (κ2) is 8.45. The van der Waals surface area contributed by atoms with Gasteiger partial charge < -0.3 is 5.32 Å². The molecule has 0 radical (unpaired) electrons. The molecule has 30 heavy (non-hydrogen) atoms. The number of halogens is 1. The van der Waals surface area contributed by atoms with Crippen molar-refractivity contribution in [3.8, 4) is 0 Å². The molecule has 1 aliphatic carbocycles. The molecular weight excluding hydrogens is 422 g/mol. The molecule has 0 spiro atoms. The number of aryl methyl sites for hydroxylation is 1. The van der Waals surface area contributed by atoms with Crippen molar-refractivity contribution in [1.29, 1.82) is 0 Å². The first-order valence-corrected chi connectivity index (χ1v) is 11.4. The molecule has 1 saturated carbocycles. The lowest BCUT2D eigenvalue weighted by Gasteiger charge is -2.17. The lowest BCUT2D eigenvalue weighted by atomic mass is 10.2. The fourth-order valence-corrected chi connectivity index (χ4v) is 4.96. The number of rotatable bonds is 5. The number of anilines is 2. The molecule has 1 N–H and O–H groups in total. The minimum Gasteiger partial charge on any atom is -0.324 e.